The largest absolute Gasteiger partial charge is 0.392 e. The van der Waals surface area contributed by atoms with Gasteiger partial charge in [0, 0.05) is 6.42 Å². The van der Waals surface area contributed by atoms with Gasteiger partial charge in [-0.25, -0.2) is 0 Å². The predicted molar refractivity (Wildman–Crippen MR) is 37.3 cm³/mol. The van der Waals surface area contributed by atoms with E-state index in [0.717, 1.165) is 0 Å². The summed E-state index contributed by atoms with van der Waals surface area (Å²) in [6.45, 7) is 0.351. The minimum absolute atomic E-state index is 0.351. The average Bonchev–Trinajstić information content (AvgIpc) is 2.30. The van der Waals surface area contributed by atoms with Crippen molar-refractivity contribution < 1.29 is 14.7 Å². The topological polar surface area (TPSA) is 75.8 Å². The molecule has 3 N–H and O–H groups in total. The standard InChI is InChI=1S/C6H12N2O3/c1-11-8-3-4(9)2-5(8)6(7)10/h4-5,9H,2-3H2,1H3,(H2,7,10)/t4-,5-/m0/s1. The summed E-state index contributed by atoms with van der Waals surface area (Å²) in [7, 11) is 1.45. The summed E-state index contributed by atoms with van der Waals surface area (Å²) < 4.78 is 0. The first-order chi connectivity index (χ1) is 5.15. The summed E-state index contributed by atoms with van der Waals surface area (Å²) in [5, 5.41) is 10.5. The molecule has 2 atom stereocenters. The van der Waals surface area contributed by atoms with E-state index in [1.165, 1.54) is 12.2 Å². The van der Waals surface area contributed by atoms with E-state index < -0.39 is 18.1 Å². The second kappa shape index (κ2) is 3.17. The van der Waals surface area contributed by atoms with E-state index in [1.807, 2.05) is 0 Å². The number of β-amino-alcohol motifs (C(OH)–C–C–N with tert-alkyl or cyclic N) is 1. The molecule has 1 rings (SSSR count). The van der Waals surface area contributed by atoms with Gasteiger partial charge in [0.25, 0.3) is 0 Å². The van der Waals surface area contributed by atoms with Crippen LogP contribution in [0.1, 0.15) is 6.42 Å². The Balaban J connectivity index is 2.57. The number of aliphatic hydroxyl groups excluding tert-OH is 1. The van der Waals surface area contributed by atoms with Crippen molar-refractivity contribution in [1.82, 2.24) is 5.06 Å². The number of rotatable bonds is 2. The van der Waals surface area contributed by atoms with Crippen LogP contribution in [-0.4, -0.2) is 41.9 Å². The number of hydrogen-bond acceptors (Lipinski definition) is 4. The van der Waals surface area contributed by atoms with Gasteiger partial charge < -0.3 is 15.7 Å². The Morgan fingerprint density at radius 2 is 2.45 bits per heavy atom. The summed E-state index contributed by atoms with van der Waals surface area (Å²) in [4.78, 5) is 15.5. The Hall–Kier alpha value is -0.650. The van der Waals surface area contributed by atoms with E-state index in [2.05, 4.69) is 0 Å². The quantitative estimate of drug-likeness (QED) is 0.513. The van der Waals surface area contributed by atoms with Crippen LogP contribution in [-0.2, 0) is 9.63 Å². The SMILES string of the molecule is CON1C[C@@H](O)C[C@H]1C(N)=O. The van der Waals surface area contributed by atoms with Crippen LogP contribution in [0.3, 0.4) is 0 Å². The normalized spacial score (nSPS) is 32.5. The smallest absolute Gasteiger partial charge is 0.237 e. The molecule has 1 fully saturated rings. The number of hydrogen-bond donors (Lipinski definition) is 2. The van der Waals surface area contributed by atoms with Gasteiger partial charge in [-0.3, -0.25) is 4.79 Å². The highest BCUT2D eigenvalue weighted by Crippen LogP contribution is 2.16. The fourth-order valence-electron chi connectivity index (χ4n) is 1.24. The van der Waals surface area contributed by atoms with Crippen molar-refractivity contribution in [3.8, 4) is 0 Å². The van der Waals surface area contributed by atoms with E-state index in [9.17, 15) is 4.79 Å². The van der Waals surface area contributed by atoms with Crippen molar-refractivity contribution >= 4 is 5.91 Å². The van der Waals surface area contributed by atoms with Crippen molar-refractivity contribution in [1.29, 1.82) is 0 Å². The van der Waals surface area contributed by atoms with Crippen LogP contribution in [0, 0.1) is 0 Å². The van der Waals surface area contributed by atoms with Gasteiger partial charge in [-0.15, -0.1) is 0 Å². The van der Waals surface area contributed by atoms with Crippen molar-refractivity contribution in [3.63, 3.8) is 0 Å². The molecule has 0 radical (unpaired) electrons. The summed E-state index contributed by atoms with van der Waals surface area (Å²) in [6.07, 6.45) is -0.143. The van der Waals surface area contributed by atoms with Gasteiger partial charge >= 0.3 is 0 Å². The predicted octanol–water partition coefficient (Wildman–Crippen LogP) is -1.53. The zero-order chi connectivity index (χ0) is 8.43. The first-order valence-electron chi connectivity index (χ1n) is 3.43. The number of carbonyl (C=O) groups is 1. The number of amides is 1. The lowest BCUT2D eigenvalue weighted by Gasteiger charge is -2.17. The number of aliphatic hydroxyl groups is 1. The van der Waals surface area contributed by atoms with Crippen LogP contribution < -0.4 is 5.73 Å². The lowest BCUT2D eigenvalue weighted by molar-refractivity contribution is -0.159. The highest BCUT2D eigenvalue weighted by Gasteiger charge is 2.34. The molecule has 0 aromatic rings. The lowest BCUT2D eigenvalue weighted by atomic mass is 10.2. The Bertz CT molecular complexity index is 162. The highest BCUT2D eigenvalue weighted by molar-refractivity contribution is 5.80. The second-order valence-electron chi connectivity index (χ2n) is 2.59. The molecule has 1 amide bonds. The minimum Gasteiger partial charge on any atom is -0.392 e. The van der Waals surface area contributed by atoms with E-state index in [0.29, 0.717) is 13.0 Å². The molecule has 0 unspecified atom stereocenters. The van der Waals surface area contributed by atoms with Crippen LogP contribution in [0.2, 0.25) is 0 Å². The third-order valence-corrected chi connectivity index (χ3v) is 1.80. The number of nitrogens with zero attached hydrogens (tertiary/aromatic N) is 1. The zero-order valence-corrected chi connectivity index (χ0v) is 6.36. The highest BCUT2D eigenvalue weighted by atomic mass is 16.7. The van der Waals surface area contributed by atoms with Gasteiger partial charge in [0.15, 0.2) is 0 Å². The zero-order valence-electron chi connectivity index (χ0n) is 6.36. The molecule has 1 aliphatic heterocycles. The molecule has 0 spiro atoms. The molecule has 1 saturated heterocycles. The van der Waals surface area contributed by atoms with E-state index >= 15 is 0 Å². The Kier molecular flexibility index (Phi) is 2.43. The molecular weight excluding hydrogens is 148 g/mol. The minimum atomic E-state index is -0.507. The van der Waals surface area contributed by atoms with Crippen LogP contribution in [0.25, 0.3) is 0 Å². The third kappa shape index (κ3) is 1.68. The summed E-state index contributed by atoms with van der Waals surface area (Å²) >= 11 is 0. The molecule has 0 saturated carbocycles. The molecule has 11 heavy (non-hydrogen) atoms. The Morgan fingerprint density at radius 1 is 1.82 bits per heavy atom. The van der Waals surface area contributed by atoms with Crippen LogP contribution in [0.5, 0.6) is 0 Å². The maximum atomic E-state index is 10.7. The van der Waals surface area contributed by atoms with Gasteiger partial charge in [0.1, 0.15) is 6.04 Å². The van der Waals surface area contributed by atoms with Crippen LogP contribution in [0.15, 0.2) is 0 Å². The Morgan fingerprint density at radius 3 is 2.82 bits per heavy atom. The number of hydroxylamine groups is 2. The molecule has 5 nitrogen and oxygen atoms in total. The van der Waals surface area contributed by atoms with Gasteiger partial charge in [0.2, 0.25) is 5.91 Å². The molecule has 0 aliphatic carbocycles. The monoisotopic (exact) mass is 160 g/mol. The molecule has 1 heterocycles. The summed E-state index contributed by atoms with van der Waals surface area (Å²) in [5.74, 6) is -0.455. The average molecular weight is 160 g/mol. The molecular formula is C6H12N2O3. The fraction of sp³-hybridized carbons (Fsp3) is 0.833. The van der Waals surface area contributed by atoms with E-state index in [4.69, 9.17) is 15.7 Å². The Labute approximate surface area is 64.7 Å². The molecule has 64 valence electrons. The number of nitrogens with two attached hydrogens (primary N) is 1. The van der Waals surface area contributed by atoms with Gasteiger partial charge in [0.05, 0.1) is 19.8 Å². The molecule has 5 heteroatoms. The molecule has 0 aromatic heterocycles. The molecule has 0 bridgehead atoms. The fourth-order valence-corrected chi connectivity index (χ4v) is 1.24. The van der Waals surface area contributed by atoms with E-state index in [1.54, 1.807) is 0 Å². The van der Waals surface area contributed by atoms with Crippen LogP contribution >= 0.6 is 0 Å². The summed E-state index contributed by atoms with van der Waals surface area (Å²) in [6, 6.07) is -0.477. The van der Waals surface area contributed by atoms with Crippen molar-refractivity contribution in [3.05, 3.63) is 0 Å². The van der Waals surface area contributed by atoms with Gasteiger partial charge in [-0.2, -0.15) is 5.06 Å². The van der Waals surface area contributed by atoms with Gasteiger partial charge in [-0.1, -0.05) is 0 Å². The summed E-state index contributed by atoms with van der Waals surface area (Å²) in [5.41, 5.74) is 5.05. The third-order valence-electron chi connectivity index (χ3n) is 1.80. The van der Waals surface area contributed by atoms with Crippen LogP contribution in [0.4, 0.5) is 0 Å². The number of carbonyl (C=O) groups excluding carboxylic acids is 1. The van der Waals surface area contributed by atoms with E-state index in [-0.39, 0.29) is 0 Å². The van der Waals surface area contributed by atoms with Gasteiger partial charge in [-0.05, 0) is 0 Å². The molecule has 1 aliphatic rings. The van der Waals surface area contributed by atoms with Crippen molar-refractivity contribution in [2.75, 3.05) is 13.7 Å². The lowest BCUT2D eigenvalue weighted by Crippen LogP contribution is -2.39. The number of primary amides is 1. The van der Waals surface area contributed by atoms with Crippen molar-refractivity contribution in [2.45, 2.75) is 18.6 Å². The molecule has 0 aromatic carbocycles. The maximum absolute atomic E-state index is 10.7. The first-order valence-corrected chi connectivity index (χ1v) is 3.43. The van der Waals surface area contributed by atoms with Crippen molar-refractivity contribution in [2.24, 2.45) is 5.73 Å². The first kappa shape index (κ1) is 8.45. The maximum Gasteiger partial charge on any atom is 0.237 e. The second-order valence-corrected chi connectivity index (χ2v) is 2.59.